The molecule has 1 N–H and O–H groups in total. The maximum atomic E-state index is 3.80. The van der Waals surface area contributed by atoms with Crippen LogP contribution >= 0.6 is 23.5 Å². The molecule has 0 radical (unpaired) electrons. The molecule has 0 aromatic carbocycles. The van der Waals surface area contributed by atoms with Crippen molar-refractivity contribution in [3.63, 3.8) is 0 Å². The maximum absolute atomic E-state index is 3.80. The van der Waals surface area contributed by atoms with Gasteiger partial charge in [-0.1, -0.05) is 13.8 Å². The van der Waals surface area contributed by atoms with Crippen LogP contribution in [0, 0.1) is 0 Å². The van der Waals surface area contributed by atoms with Crippen LogP contribution in [0.3, 0.4) is 0 Å². The molecule has 4 heteroatoms. The fraction of sp³-hybridized carbons (Fsp3) is 1.00. The van der Waals surface area contributed by atoms with E-state index in [-0.39, 0.29) is 0 Å². The highest BCUT2D eigenvalue weighted by Crippen LogP contribution is 2.28. The Kier molecular flexibility index (Phi) is 5.73. The lowest BCUT2D eigenvalue weighted by atomic mass is 9.88. The van der Waals surface area contributed by atoms with Crippen molar-refractivity contribution >= 4 is 23.5 Å². The van der Waals surface area contributed by atoms with Gasteiger partial charge in [-0.15, -0.1) is 0 Å². The van der Waals surface area contributed by atoms with Crippen molar-refractivity contribution in [2.24, 2.45) is 0 Å². The number of nitrogens with one attached hydrogen (secondary N) is 1. The summed E-state index contributed by atoms with van der Waals surface area (Å²) >= 11 is 4.33. The molecule has 2 nitrogen and oxygen atoms in total. The van der Waals surface area contributed by atoms with E-state index in [1.165, 1.54) is 43.2 Å². The normalized spacial score (nSPS) is 33.5. The molecule has 2 fully saturated rings. The lowest BCUT2D eigenvalue weighted by molar-refractivity contribution is 0.0824. The molecular weight excluding hydrogens is 260 g/mol. The van der Waals surface area contributed by atoms with E-state index in [4.69, 9.17) is 0 Å². The molecule has 2 rings (SSSR count). The number of rotatable bonds is 4. The van der Waals surface area contributed by atoms with Gasteiger partial charge in [0.15, 0.2) is 0 Å². The third-order valence-corrected chi connectivity index (χ3v) is 7.41. The zero-order chi connectivity index (χ0) is 13.0. The fourth-order valence-corrected chi connectivity index (χ4v) is 5.66. The molecule has 106 valence electrons. The van der Waals surface area contributed by atoms with Gasteiger partial charge in [0.1, 0.15) is 0 Å². The molecule has 0 aromatic heterocycles. The standard InChI is InChI=1S/C14H28N2S2/c1-4-14(5-2)11-16(12(3)8-15-14)9-13-10-17-6-7-18-13/h12-13,15H,4-11H2,1-3H3. The van der Waals surface area contributed by atoms with Gasteiger partial charge in [-0.25, -0.2) is 0 Å². The van der Waals surface area contributed by atoms with E-state index in [9.17, 15) is 0 Å². The Morgan fingerprint density at radius 2 is 2.06 bits per heavy atom. The molecule has 0 aromatic rings. The van der Waals surface area contributed by atoms with Crippen molar-refractivity contribution in [3.05, 3.63) is 0 Å². The fourth-order valence-electron chi connectivity index (χ4n) is 2.97. The van der Waals surface area contributed by atoms with Crippen molar-refractivity contribution in [3.8, 4) is 0 Å². The van der Waals surface area contributed by atoms with Crippen LogP contribution in [0.5, 0.6) is 0 Å². The highest BCUT2D eigenvalue weighted by atomic mass is 32.2. The van der Waals surface area contributed by atoms with Gasteiger partial charge in [0, 0.05) is 53.7 Å². The molecule has 0 amide bonds. The zero-order valence-corrected chi connectivity index (χ0v) is 13.7. The summed E-state index contributed by atoms with van der Waals surface area (Å²) in [7, 11) is 0. The van der Waals surface area contributed by atoms with Crippen LogP contribution in [-0.2, 0) is 0 Å². The SMILES string of the molecule is CCC1(CC)CN(CC2CSCCS2)C(C)CN1. The molecule has 0 aliphatic carbocycles. The second kappa shape index (κ2) is 6.87. The van der Waals surface area contributed by atoms with Crippen LogP contribution in [0.2, 0.25) is 0 Å². The predicted molar refractivity (Wildman–Crippen MR) is 85.9 cm³/mol. The second-order valence-corrected chi connectivity index (χ2v) is 8.27. The van der Waals surface area contributed by atoms with Gasteiger partial charge in [0.2, 0.25) is 0 Å². The summed E-state index contributed by atoms with van der Waals surface area (Å²) in [6, 6.07) is 0.698. The average Bonchev–Trinajstić information content (AvgIpc) is 2.43. The quantitative estimate of drug-likeness (QED) is 0.855. The van der Waals surface area contributed by atoms with Gasteiger partial charge in [0.05, 0.1) is 0 Å². The molecule has 2 atom stereocenters. The smallest absolute Gasteiger partial charge is 0.0304 e. The van der Waals surface area contributed by atoms with Gasteiger partial charge >= 0.3 is 0 Å². The lowest BCUT2D eigenvalue weighted by Gasteiger charge is -2.47. The molecule has 18 heavy (non-hydrogen) atoms. The van der Waals surface area contributed by atoms with E-state index in [1.807, 2.05) is 0 Å². The first kappa shape index (κ1) is 15.0. The third-order valence-electron chi connectivity index (χ3n) is 4.58. The van der Waals surface area contributed by atoms with E-state index in [2.05, 4.69) is 54.5 Å². The number of thioether (sulfide) groups is 2. The molecule has 2 saturated heterocycles. The first-order chi connectivity index (χ1) is 8.69. The van der Waals surface area contributed by atoms with E-state index in [1.54, 1.807) is 0 Å². The van der Waals surface area contributed by atoms with Gasteiger partial charge in [-0.2, -0.15) is 23.5 Å². The molecule has 2 unspecified atom stereocenters. The number of hydrogen-bond acceptors (Lipinski definition) is 4. The van der Waals surface area contributed by atoms with Gasteiger partial charge in [0.25, 0.3) is 0 Å². The molecule has 0 bridgehead atoms. The van der Waals surface area contributed by atoms with Gasteiger partial charge < -0.3 is 5.32 Å². The Hall–Kier alpha value is 0.620. The van der Waals surface area contributed by atoms with Crippen LogP contribution in [-0.4, -0.2) is 58.6 Å². The number of nitrogens with zero attached hydrogens (tertiary/aromatic N) is 1. The van der Waals surface area contributed by atoms with Crippen LogP contribution < -0.4 is 5.32 Å². The van der Waals surface area contributed by atoms with Crippen LogP contribution in [0.15, 0.2) is 0 Å². The minimum absolute atomic E-state index is 0.374. The first-order valence-corrected chi connectivity index (χ1v) is 9.58. The number of hydrogen-bond donors (Lipinski definition) is 1. The Morgan fingerprint density at radius 3 is 2.67 bits per heavy atom. The van der Waals surface area contributed by atoms with E-state index in [0.717, 1.165) is 11.8 Å². The number of piperazine rings is 1. The van der Waals surface area contributed by atoms with Crippen molar-refractivity contribution < 1.29 is 0 Å². The monoisotopic (exact) mass is 288 g/mol. The minimum Gasteiger partial charge on any atom is -0.308 e. The largest absolute Gasteiger partial charge is 0.308 e. The summed E-state index contributed by atoms with van der Waals surface area (Å²) < 4.78 is 0. The van der Waals surface area contributed by atoms with E-state index in [0.29, 0.717) is 11.6 Å². The topological polar surface area (TPSA) is 15.3 Å². The van der Waals surface area contributed by atoms with Crippen LogP contribution in [0.25, 0.3) is 0 Å². The van der Waals surface area contributed by atoms with Crippen LogP contribution in [0.4, 0.5) is 0 Å². The highest BCUT2D eigenvalue weighted by Gasteiger charge is 2.35. The van der Waals surface area contributed by atoms with E-state index >= 15 is 0 Å². The van der Waals surface area contributed by atoms with Gasteiger partial charge in [-0.3, -0.25) is 4.90 Å². The lowest BCUT2D eigenvalue weighted by Crippen LogP contribution is -2.64. The van der Waals surface area contributed by atoms with Gasteiger partial charge in [-0.05, 0) is 19.8 Å². The zero-order valence-electron chi connectivity index (χ0n) is 12.1. The van der Waals surface area contributed by atoms with E-state index < -0.39 is 0 Å². The Labute approximate surface area is 121 Å². The molecule has 2 aliphatic heterocycles. The average molecular weight is 289 g/mol. The van der Waals surface area contributed by atoms with Crippen molar-refractivity contribution in [1.29, 1.82) is 0 Å². The predicted octanol–water partition coefficient (Wildman–Crippen LogP) is 2.69. The Bertz CT molecular complexity index is 250. The highest BCUT2D eigenvalue weighted by molar-refractivity contribution is 8.06. The Morgan fingerprint density at radius 1 is 1.28 bits per heavy atom. The summed E-state index contributed by atoms with van der Waals surface area (Å²) in [6.07, 6.45) is 2.50. The maximum Gasteiger partial charge on any atom is 0.0304 e. The molecule has 2 heterocycles. The Balaban J connectivity index is 1.92. The summed E-state index contributed by atoms with van der Waals surface area (Å²) in [5, 5.41) is 4.65. The summed E-state index contributed by atoms with van der Waals surface area (Å²) in [5.74, 6) is 4.06. The van der Waals surface area contributed by atoms with Crippen LogP contribution in [0.1, 0.15) is 33.6 Å². The molecular formula is C14H28N2S2. The minimum atomic E-state index is 0.374. The summed E-state index contributed by atoms with van der Waals surface area (Å²) in [4.78, 5) is 2.74. The molecule has 0 saturated carbocycles. The van der Waals surface area contributed by atoms with Crippen molar-refractivity contribution in [2.75, 3.05) is 36.9 Å². The van der Waals surface area contributed by atoms with Crippen molar-refractivity contribution in [2.45, 2.75) is 50.4 Å². The summed E-state index contributed by atoms with van der Waals surface area (Å²) in [6.45, 7) is 10.7. The second-order valence-electron chi connectivity index (χ2n) is 5.71. The molecule has 0 spiro atoms. The van der Waals surface area contributed by atoms with Crippen molar-refractivity contribution in [1.82, 2.24) is 10.2 Å². The first-order valence-electron chi connectivity index (χ1n) is 7.37. The summed E-state index contributed by atoms with van der Waals surface area (Å²) in [5.41, 5.74) is 0.374. The third kappa shape index (κ3) is 3.59. The molecule has 2 aliphatic rings.